The molecule has 7 heteroatoms. The largest absolute Gasteiger partial charge is 0.547 e. The molecule has 1 heterocycles. The summed E-state index contributed by atoms with van der Waals surface area (Å²) >= 11 is 0. The number of unbranched alkanes of at least 4 members (excludes halogenated alkanes) is 1. The summed E-state index contributed by atoms with van der Waals surface area (Å²) in [5.41, 5.74) is 1.07. The van der Waals surface area contributed by atoms with Crippen molar-refractivity contribution < 1.29 is 24.0 Å². The van der Waals surface area contributed by atoms with Crippen LogP contribution in [0.15, 0.2) is 18.2 Å². The van der Waals surface area contributed by atoms with E-state index in [2.05, 4.69) is 5.32 Å². The highest BCUT2D eigenvalue weighted by atomic mass is 16.5. The van der Waals surface area contributed by atoms with Gasteiger partial charge in [0, 0.05) is 6.42 Å². The first-order valence-corrected chi connectivity index (χ1v) is 7.99. The number of nitrogens with one attached hydrogen (secondary N) is 1. The topological polar surface area (TPSA) is 84.9 Å². The minimum Gasteiger partial charge on any atom is -0.534 e. The molecule has 1 aliphatic rings. The molecular weight excluding hydrogens is 297 g/mol. The van der Waals surface area contributed by atoms with Crippen LogP contribution in [0.1, 0.15) is 49.0 Å². The van der Waals surface area contributed by atoms with Gasteiger partial charge < -0.3 is 19.7 Å². The second kappa shape index (κ2) is 8.01. The fourth-order valence-electron chi connectivity index (χ4n) is 2.40. The van der Waals surface area contributed by atoms with Crippen LogP contribution in [0.4, 0.5) is 0 Å². The van der Waals surface area contributed by atoms with Crippen molar-refractivity contribution >= 4 is 19.0 Å². The Balaban J connectivity index is 2.14. The van der Waals surface area contributed by atoms with E-state index in [0.29, 0.717) is 30.8 Å². The molecule has 0 fully saturated rings. The first-order chi connectivity index (χ1) is 11.1. The minimum absolute atomic E-state index is 0.156. The maximum absolute atomic E-state index is 12.2. The average Bonchev–Trinajstić information content (AvgIpc) is 2.55. The first-order valence-electron chi connectivity index (χ1n) is 7.99. The molecule has 2 N–H and O–H groups in total. The van der Waals surface area contributed by atoms with Gasteiger partial charge in [-0.25, -0.2) is 4.79 Å². The first kappa shape index (κ1) is 17.3. The van der Waals surface area contributed by atoms with Crippen LogP contribution in [0.5, 0.6) is 5.75 Å². The van der Waals surface area contributed by atoms with E-state index in [1.165, 1.54) is 0 Å². The van der Waals surface area contributed by atoms with Crippen LogP contribution in [-0.2, 0) is 16.0 Å². The number of carbonyl (C=O) groups excluding carboxylic acids is 2. The third kappa shape index (κ3) is 4.25. The lowest BCUT2D eigenvalue weighted by Crippen LogP contribution is -2.53. The molecule has 0 unspecified atom stereocenters. The highest BCUT2D eigenvalue weighted by Gasteiger charge is 2.37. The SMILES string of the molecule is CCCCOC(=O)c1cccc2c1OB(O)[C@@H](NC(=O)CC)C2. The second-order valence-electron chi connectivity index (χ2n) is 5.52. The number of ether oxygens (including phenoxy) is 1. The van der Waals surface area contributed by atoms with Crippen LogP contribution in [-0.4, -0.2) is 36.6 Å². The number of fused-ring (bicyclic) bond motifs is 1. The number of benzene rings is 1. The molecule has 23 heavy (non-hydrogen) atoms. The molecule has 124 valence electrons. The lowest BCUT2D eigenvalue weighted by Gasteiger charge is -2.29. The number of amides is 1. The third-order valence-electron chi connectivity index (χ3n) is 3.74. The van der Waals surface area contributed by atoms with Gasteiger partial charge in [0.15, 0.2) is 0 Å². The summed E-state index contributed by atoms with van der Waals surface area (Å²) < 4.78 is 10.7. The van der Waals surface area contributed by atoms with Gasteiger partial charge in [0.25, 0.3) is 0 Å². The van der Waals surface area contributed by atoms with E-state index in [9.17, 15) is 14.6 Å². The highest BCUT2D eigenvalue weighted by Crippen LogP contribution is 2.30. The van der Waals surface area contributed by atoms with Crippen LogP contribution in [0, 0.1) is 0 Å². The Labute approximate surface area is 136 Å². The summed E-state index contributed by atoms with van der Waals surface area (Å²) in [6.07, 6.45) is 2.47. The molecule has 6 nitrogen and oxygen atoms in total. The summed E-state index contributed by atoms with van der Waals surface area (Å²) in [5, 5.41) is 12.8. The van der Waals surface area contributed by atoms with Crippen molar-refractivity contribution in [1.29, 1.82) is 0 Å². The molecule has 1 atom stereocenters. The van der Waals surface area contributed by atoms with E-state index in [1.807, 2.05) is 13.0 Å². The zero-order valence-electron chi connectivity index (χ0n) is 13.5. The van der Waals surface area contributed by atoms with Crippen LogP contribution in [0.2, 0.25) is 0 Å². The molecule has 0 aromatic heterocycles. The van der Waals surface area contributed by atoms with Crippen molar-refractivity contribution in [3.8, 4) is 5.75 Å². The standard InChI is InChI=1S/C16H22BNO5/c1-3-5-9-22-16(20)12-8-6-7-11-10-13(18-14(19)4-2)17(21)23-15(11)12/h6-8,13,21H,3-5,9-10H2,1-2H3,(H,18,19)/t13-/m0/s1. The lowest BCUT2D eigenvalue weighted by atomic mass is 9.72. The Bertz CT molecular complexity index is 578. The summed E-state index contributed by atoms with van der Waals surface area (Å²) in [7, 11) is -1.19. The van der Waals surface area contributed by atoms with Crippen LogP contribution in [0.25, 0.3) is 0 Å². The molecule has 0 saturated carbocycles. The molecule has 2 rings (SSSR count). The maximum atomic E-state index is 12.2. The molecule has 0 spiro atoms. The normalized spacial score (nSPS) is 16.3. The zero-order valence-corrected chi connectivity index (χ0v) is 13.5. The van der Waals surface area contributed by atoms with Crippen molar-refractivity contribution in [2.75, 3.05) is 6.61 Å². The highest BCUT2D eigenvalue weighted by molar-refractivity contribution is 6.47. The molecule has 1 amide bonds. The number of rotatable bonds is 6. The quantitative estimate of drug-likeness (QED) is 0.471. The molecule has 0 radical (unpaired) electrons. The summed E-state index contributed by atoms with van der Waals surface area (Å²) in [5.74, 6) is -0.806. The smallest absolute Gasteiger partial charge is 0.534 e. The average molecular weight is 319 g/mol. The van der Waals surface area contributed by atoms with Gasteiger partial charge in [0.05, 0.1) is 12.5 Å². The van der Waals surface area contributed by atoms with E-state index in [-0.39, 0.29) is 5.91 Å². The zero-order chi connectivity index (χ0) is 16.8. The van der Waals surface area contributed by atoms with Crippen molar-refractivity contribution in [3.63, 3.8) is 0 Å². The lowest BCUT2D eigenvalue weighted by molar-refractivity contribution is -0.121. The van der Waals surface area contributed by atoms with Gasteiger partial charge in [0.1, 0.15) is 11.3 Å². The molecular formula is C16H22BNO5. The molecule has 1 aromatic carbocycles. The van der Waals surface area contributed by atoms with Crippen LogP contribution < -0.4 is 9.97 Å². The number of hydrogen-bond donors (Lipinski definition) is 2. The van der Waals surface area contributed by atoms with E-state index in [4.69, 9.17) is 9.39 Å². The van der Waals surface area contributed by atoms with Crippen molar-refractivity contribution in [3.05, 3.63) is 29.3 Å². The van der Waals surface area contributed by atoms with Gasteiger partial charge in [-0.2, -0.15) is 0 Å². The van der Waals surface area contributed by atoms with Crippen molar-refractivity contribution in [1.82, 2.24) is 5.32 Å². The third-order valence-corrected chi connectivity index (χ3v) is 3.74. The van der Waals surface area contributed by atoms with Crippen molar-refractivity contribution in [2.45, 2.75) is 45.5 Å². The second-order valence-corrected chi connectivity index (χ2v) is 5.52. The Morgan fingerprint density at radius 2 is 2.22 bits per heavy atom. The fourth-order valence-corrected chi connectivity index (χ4v) is 2.40. The predicted octanol–water partition coefficient (Wildman–Crippen LogP) is 1.49. The number of carbonyl (C=O) groups is 2. The van der Waals surface area contributed by atoms with Crippen molar-refractivity contribution in [2.24, 2.45) is 0 Å². The van der Waals surface area contributed by atoms with Crippen LogP contribution in [0.3, 0.4) is 0 Å². The van der Waals surface area contributed by atoms with E-state index in [1.54, 1.807) is 19.1 Å². The van der Waals surface area contributed by atoms with E-state index < -0.39 is 19.0 Å². The van der Waals surface area contributed by atoms with Gasteiger partial charge in [0.2, 0.25) is 5.91 Å². The van der Waals surface area contributed by atoms with Gasteiger partial charge in [-0.3, -0.25) is 4.79 Å². The number of esters is 1. The summed E-state index contributed by atoms with van der Waals surface area (Å²) in [4.78, 5) is 23.7. The molecule has 0 aliphatic carbocycles. The number of hydrogen-bond acceptors (Lipinski definition) is 5. The van der Waals surface area contributed by atoms with Crippen LogP contribution >= 0.6 is 0 Å². The molecule has 1 aromatic rings. The predicted molar refractivity (Wildman–Crippen MR) is 86.2 cm³/mol. The minimum atomic E-state index is -1.19. The monoisotopic (exact) mass is 319 g/mol. The Hall–Kier alpha value is -2.02. The van der Waals surface area contributed by atoms with Gasteiger partial charge in [-0.15, -0.1) is 0 Å². The molecule has 0 bridgehead atoms. The Morgan fingerprint density at radius 3 is 2.91 bits per heavy atom. The Morgan fingerprint density at radius 1 is 1.43 bits per heavy atom. The fraction of sp³-hybridized carbons (Fsp3) is 0.500. The molecule has 0 saturated heterocycles. The van der Waals surface area contributed by atoms with E-state index in [0.717, 1.165) is 18.4 Å². The Kier molecular flexibility index (Phi) is 6.04. The van der Waals surface area contributed by atoms with E-state index >= 15 is 0 Å². The van der Waals surface area contributed by atoms with Gasteiger partial charge >= 0.3 is 13.1 Å². The van der Waals surface area contributed by atoms with Gasteiger partial charge in [-0.1, -0.05) is 32.4 Å². The summed E-state index contributed by atoms with van der Waals surface area (Å²) in [6, 6.07) is 5.18. The summed E-state index contributed by atoms with van der Waals surface area (Å²) in [6.45, 7) is 4.11. The van der Waals surface area contributed by atoms with Gasteiger partial charge in [-0.05, 0) is 24.5 Å². The number of para-hydroxylation sites is 1. The maximum Gasteiger partial charge on any atom is 0.547 e. The molecule has 1 aliphatic heterocycles.